The van der Waals surface area contributed by atoms with Crippen LogP contribution in [-0.4, -0.2) is 61.9 Å². The number of amides is 1. The largest absolute Gasteiger partial charge is 0.378 e. The minimum Gasteiger partial charge on any atom is -0.378 e. The number of likely N-dealkylation sites (N-methyl/N-ethyl adjacent to an activating group) is 1. The maximum absolute atomic E-state index is 12.6. The van der Waals surface area contributed by atoms with Gasteiger partial charge in [-0.1, -0.05) is 13.8 Å². The maximum Gasteiger partial charge on any atom is 0.242 e. The lowest BCUT2D eigenvalue weighted by atomic mass is 9.63. The molecule has 1 N–H and O–H groups in total. The molecule has 21 heavy (non-hydrogen) atoms. The van der Waals surface area contributed by atoms with E-state index in [1.807, 2.05) is 25.8 Å². The molecule has 0 aromatic heterocycles. The summed E-state index contributed by atoms with van der Waals surface area (Å²) in [5, 5.41) is 3.27. The fraction of sp³-hybridized carbons (Fsp3) is 0.933. The molecule has 4 atom stereocenters. The second kappa shape index (κ2) is 7.27. The van der Waals surface area contributed by atoms with Crippen molar-refractivity contribution in [3.63, 3.8) is 0 Å². The van der Waals surface area contributed by atoms with Crippen molar-refractivity contribution in [1.29, 1.82) is 0 Å². The first-order valence-electron chi connectivity index (χ1n) is 7.62. The van der Waals surface area contributed by atoms with Gasteiger partial charge in [0.25, 0.3) is 0 Å². The van der Waals surface area contributed by atoms with Crippen molar-refractivity contribution in [3.05, 3.63) is 0 Å². The summed E-state index contributed by atoms with van der Waals surface area (Å²) in [6.07, 6.45) is 1.11. The minimum absolute atomic E-state index is 0. The lowest BCUT2D eigenvalue weighted by Gasteiger charge is -2.55. The first-order chi connectivity index (χ1) is 9.39. The zero-order chi connectivity index (χ0) is 14.9. The fourth-order valence-electron chi connectivity index (χ4n) is 3.39. The van der Waals surface area contributed by atoms with Gasteiger partial charge in [-0.25, -0.2) is 0 Å². The van der Waals surface area contributed by atoms with E-state index in [0.717, 1.165) is 19.6 Å². The van der Waals surface area contributed by atoms with E-state index < -0.39 is 0 Å². The Morgan fingerprint density at radius 3 is 2.67 bits per heavy atom. The first kappa shape index (κ1) is 18.7. The third kappa shape index (κ3) is 3.52. The first-order valence-corrected chi connectivity index (χ1v) is 7.62. The van der Waals surface area contributed by atoms with Gasteiger partial charge in [0.15, 0.2) is 0 Å². The highest BCUT2D eigenvalue weighted by Crippen LogP contribution is 2.45. The Labute approximate surface area is 134 Å². The molecule has 0 bridgehead atoms. The molecule has 0 aromatic rings. The number of carbonyl (C=O) groups is 1. The summed E-state index contributed by atoms with van der Waals surface area (Å²) in [4.78, 5) is 14.5. The highest BCUT2D eigenvalue weighted by Gasteiger charge is 2.52. The summed E-state index contributed by atoms with van der Waals surface area (Å²) in [5.74, 6) is 0.130. The van der Waals surface area contributed by atoms with E-state index in [-0.39, 0.29) is 48.0 Å². The molecule has 0 radical (unpaired) electrons. The molecular weight excluding hydrogens is 292 g/mol. The molecule has 6 heteroatoms. The van der Waals surface area contributed by atoms with E-state index in [2.05, 4.69) is 19.2 Å². The molecule has 2 aliphatic rings. The Morgan fingerprint density at radius 2 is 2.14 bits per heavy atom. The van der Waals surface area contributed by atoms with Gasteiger partial charge < -0.3 is 19.7 Å². The molecule has 0 aromatic carbocycles. The maximum atomic E-state index is 12.6. The molecule has 1 amide bonds. The number of hydrogen-bond acceptors (Lipinski definition) is 4. The second-order valence-corrected chi connectivity index (χ2v) is 6.47. The van der Waals surface area contributed by atoms with Crippen LogP contribution in [0.1, 0.15) is 34.1 Å². The quantitative estimate of drug-likeness (QED) is 0.852. The number of carbonyl (C=O) groups excluding carboxylic acids is 1. The van der Waals surface area contributed by atoms with Crippen LogP contribution in [-0.2, 0) is 14.3 Å². The van der Waals surface area contributed by atoms with Gasteiger partial charge in [0.1, 0.15) is 6.04 Å². The molecule has 1 saturated carbocycles. The molecule has 1 heterocycles. The summed E-state index contributed by atoms with van der Waals surface area (Å²) in [5.41, 5.74) is 0.0131. The van der Waals surface area contributed by atoms with Crippen LogP contribution < -0.4 is 5.32 Å². The third-order valence-electron chi connectivity index (χ3n) is 4.89. The van der Waals surface area contributed by atoms with E-state index in [1.54, 1.807) is 0 Å². The predicted octanol–water partition coefficient (Wildman–Crippen LogP) is 1.45. The van der Waals surface area contributed by atoms with Crippen molar-refractivity contribution in [2.24, 2.45) is 5.41 Å². The van der Waals surface area contributed by atoms with Crippen LogP contribution in [0.5, 0.6) is 0 Å². The zero-order valence-electron chi connectivity index (χ0n) is 13.7. The number of morpholine rings is 1. The lowest BCUT2D eigenvalue weighted by molar-refractivity contribution is -0.168. The van der Waals surface area contributed by atoms with E-state index in [0.29, 0.717) is 6.61 Å². The molecule has 1 aliphatic carbocycles. The van der Waals surface area contributed by atoms with Gasteiger partial charge in [0, 0.05) is 31.7 Å². The Hall–Kier alpha value is -0.360. The highest BCUT2D eigenvalue weighted by atomic mass is 35.5. The summed E-state index contributed by atoms with van der Waals surface area (Å²) in [7, 11) is 1.90. The van der Waals surface area contributed by atoms with Crippen LogP contribution in [0.2, 0.25) is 0 Å². The lowest BCUT2D eigenvalue weighted by Crippen LogP contribution is -2.66. The van der Waals surface area contributed by atoms with Crippen molar-refractivity contribution >= 4 is 18.3 Å². The average Bonchev–Trinajstić information content (AvgIpc) is 2.42. The summed E-state index contributed by atoms with van der Waals surface area (Å²) in [6, 6.07) is 0.0122. The summed E-state index contributed by atoms with van der Waals surface area (Å²) in [6.45, 7) is 10.5. The van der Waals surface area contributed by atoms with Gasteiger partial charge >= 0.3 is 0 Å². The van der Waals surface area contributed by atoms with Gasteiger partial charge in [-0.3, -0.25) is 4.79 Å². The Bertz CT molecular complexity index is 365. The summed E-state index contributed by atoms with van der Waals surface area (Å²) >= 11 is 0. The molecular formula is C15H29ClN2O3. The monoisotopic (exact) mass is 320 g/mol. The number of hydrogen-bond donors (Lipinski definition) is 1. The van der Waals surface area contributed by atoms with Crippen molar-refractivity contribution in [2.45, 2.75) is 58.4 Å². The van der Waals surface area contributed by atoms with E-state index in [4.69, 9.17) is 9.47 Å². The topological polar surface area (TPSA) is 50.8 Å². The molecule has 2 unspecified atom stereocenters. The van der Waals surface area contributed by atoms with Crippen LogP contribution in [0, 0.1) is 5.41 Å². The van der Waals surface area contributed by atoms with E-state index >= 15 is 0 Å². The molecule has 5 nitrogen and oxygen atoms in total. The standard InChI is InChI=1S/C15H28N2O3.ClH/c1-6-19-12-9-11(15(12,3)4)17(5)14(18)13-10(2)20-8-7-16-13;/h10-13,16H,6-9H2,1-5H3;1H/t10-,11?,12?,13+;/m1./s1. The van der Waals surface area contributed by atoms with Crippen molar-refractivity contribution < 1.29 is 14.3 Å². The number of halogens is 1. The van der Waals surface area contributed by atoms with Crippen LogP contribution in [0.15, 0.2) is 0 Å². The van der Waals surface area contributed by atoms with Gasteiger partial charge in [0.05, 0.1) is 18.8 Å². The Kier molecular flexibility index (Phi) is 6.47. The number of nitrogens with zero attached hydrogens (tertiary/aromatic N) is 1. The molecule has 2 fully saturated rings. The number of rotatable bonds is 4. The van der Waals surface area contributed by atoms with Gasteiger partial charge in [-0.2, -0.15) is 0 Å². The SMILES string of the molecule is CCOC1CC(N(C)C(=O)[C@H]2NCCO[C@@H]2C)C1(C)C.Cl. The summed E-state index contributed by atoms with van der Waals surface area (Å²) < 4.78 is 11.3. The van der Waals surface area contributed by atoms with Gasteiger partial charge in [-0.05, 0) is 20.3 Å². The fourth-order valence-corrected chi connectivity index (χ4v) is 3.39. The Morgan fingerprint density at radius 1 is 1.48 bits per heavy atom. The predicted molar refractivity (Wildman–Crippen MR) is 84.8 cm³/mol. The Balaban J connectivity index is 0.00000220. The van der Waals surface area contributed by atoms with Crippen molar-refractivity contribution in [1.82, 2.24) is 10.2 Å². The van der Waals surface area contributed by atoms with Crippen molar-refractivity contribution in [3.8, 4) is 0 Å². The van der Waals surface area contributed by atoms with Crippen LogP contribution >= 0.6 is 12.4 Å². The van der Waals surface area contributed by atoms with Gasteiger partial charge in [-0.15, -0.1) is 12.4 Å². The van der Waals surface area contributed by atoms with Crippen molar-refractivity contribution in [2.75, 3.05) is 26.8 Å². The van der Waals surface area contributed by atoms with Gasteiger partial charge in [0.2, 0.25) is 5.91 Å². The normalized spacial score (nSPS) is 34.5. The molecule has 1 aliphatic heterocycles. The smallest absolute Gasteiger partial charge is 0.242 e. The minimum atomic E-state index is -0.226. The molecule has 2 rings (SSSR count). The number of ether oxygens (including phenoxy) is 2. The molecule has 0 spiro atoms. The number of nitrogens with one attached hydrogen (secondary N) is 1. The second-order valence-electron chi connectivity index (χ2n) is 6.47. The third-order valence-corrected chi connectivity index (χ3v) is 4.89. The highest BCUT2D eigenvalue weighted by molar-refractivity contribution is 5.85. The van der Waals surface area contributed by atoms with Crippen LogP contribution in [0.3, 0.4) is 0 Å². The zero-order valence-corrected chi connectivity index (χ0v) is 14.5. The average molecular weight is 321 g/mol. The van der Waals surface area contributed by atoms with E-state index in [1.165, 1.54) is 0 Å². The molecule has 124 valence electrons. The molecule has 1 saturated heterocycles. The van der Waals surface area contributed by atoms with E-state index in [9.17, 15) is 4.79 Å². The van der Waals surface area contributed by atoms with Crippen LogP contribution in [0.25, 0.3) is 0 Å². The van der Waals surface area contributed by atoms with Crippen LogP contribution in [0.4, 0.5) is 0 Å².